The lowest BCUT2D eigenvalue weighted by Gasteiger charge is -2.26. The first-order valence-corrected chi connectivity index (χ1v) is 6.62. The van der Waals surface area contributed by atoms with Crippen LogP contribution in [-0.4, -0.2) is 37.0 Å². The van der Waals surface area contributed by atoms with Crippen molar-refractivity contribution in [2.24, 2.45) is 0 Å². The Kier molecular flexibility index (Phi) is 9.38. The molecule has 0 aliphatic carbocycles. The van der Waals surface area contributed by atoms with E-state index in [4.69, 9.17) is 5.73 Å². The fourth-order valence-electron chi connectivity index (χ4n) is 2.29. The van der Waals surface area contributed by atoms with Gasteiger partial charge in [-0.25, -0.2) is 0 Å². The number of hydrogen-bond donors (Lipinski definition) is 2. The number of nitrogens with zero attached hydrogens (tertiary/aromatic N) is 1. The predicted molar refractivity (Wildman–Crippen MR) is 88.0 cm³/mol. The van der Waals surface area contributed by atoms with Crippen molar-refractivity contribution in [3.8, 4) is 0 Å². The van der Waals surface area contributed by atoms with Gasteiger partial charge < -0.3 is 16.0 Å². The summed E-state index contributed by atoms with van der Waals surface area (Å²) in [5.41, 5.74) is 6.91. The van der Waals surface area contributed by atoms with Crippen molar-refractivity contribution < 1.29 is 4.79 Å². The van der Waals surface area contributed by atoms with Crippen LogP contribution in [0.1, 0.15) is 29.6 Å². The first kappa shape index (κ1) is 19.0. The Hall–Kier alpha value is -0.970. The number of carbonyl (C=O) groups is 1. The topological polar surface area (TPSA) is 58.4 Å². The summed E-state index contributed by atoms with van der Waals surface area (Å²) in [6.45, 7) is 3.96. The van der Waals surface area contributed by atoms with Crippen LogP contribution in [0.5, 0.6) is 0 Å². The Morgan fingerprint density at radius 3 is 2.55 bits per heavy atom. The normalized spacial score (nSPS) is 14.8. The van der Waals surface area contributed by atoms with Gasteiger partial charge in [-0.1, -0.05) is 12.5 Å². The molecule has 1 aromatic rings. The number of anilines is 1. The number of piperidine rings is 1. The molecule has 0 saturated carbocycles. The number of nitrogens with two attached hydrogens (primary N) is 1. The summed E-state index contributed by atoms with van der Waals surface area (Å²) >= 11 is 0. The maximum absolute atomic E-state index is 11.9. The molecule has 2 rings (SSSR count). The van der Waals surface area contributed by atoms with Crippen LogP contribution in [-0.2, 0) is 0 Å². The molecule has 0 spiro atoms. The Balaban J connectivity index is 0.00000180. The third-order valence-electron chi connectivity index (χ3n) is 3.31. The van der Waals surface area contributed by atoms with E-state index in [-0.39, 0.29) is 30.7 Å². The van der Waals surface area contributed by atoms with Gasteiger partial charge in [-0.15, -0.1) is 24.8 Å². The molecule has 3 N–H and O–H groups in total. The molecule has 114 valence electrons. The molecule has 4 nitrogen and oxygen atoms in total. The maximum atomic E-state index is 11.9. The number of rotatable bonds is 4. The third kappa shape index (κ3) is 5.99. The molecule has 0 unspecified atom stereocenters. The highest BCUT2D eigenvalue weighted by Gasteiger charge is 2.10. The van der Waals surface area contributed by atoms with E-state index in [1.807, 2.05) is 0 Å². The van der Waals surface area contributed by atoms with E-state index in [0.29, 0.717) is 17.8 Å². The van der Waals surface area contributed by atoms with Crippen molar-refractivity contribution in [1.82, 2.24) is 10.2 Å². The highest BCUT2D eigenvalue weighted by molar-refractivity contribution is 5.94. The van der Waals surface area contributed by atoms with Crippen molar-refractivity contribution in [2.75, 3.05) is 31.9 Å². The molecular formula is C14H23Cl2N3O. The fourth-order valence-corrected chi connectivity index (χ4v) is 2.29. The molecule has 0 radical (unpaired) electrons. The van der Waals surface area contributed by atoms with Crippen LogP contribution in [0.3, 0.4) is 0 Å². The summed E-state index contributed by atoms with van der Waals surface area (Å²) in [6.07, 6.45) is 3.90. The largest absolute Gasteiger partial charge is 0.399 e. The zero-order chi connectivity index (χ0) is 12.8. The van der Waals surface area contributed by atoms with Crippen molar-refractivity contribution in [2.45, 2.75) is 19.3 Å². The van der Waals surface area contributed by atoms with Crippen LogP contribution in [0.2, 0.25) is 0 Å². The summed E-state index contributed by atoms with van der Waals surface area (Å²) in [5, 5.41) is 2.94. The SMILES string of the molecule is Cl.Cl.Nc1cccc(C(=O)NCCN2CCCCC2)c1. The summed E-state index contributed by atoms with van der Waals surface area (Å²) < 4.78 is 0. The summed E-state index contributed by atoms with van der Waals surface area (Å²) in [4.78, 5) is 14.3. The smallest absolute Gasteiger partial charge is 0.251 e. The van der Waals surface area contributed by atoms with Gasteiger partial charge in [0.25, 0.3) is 5.91 Å². The monoisotopic (exact) mass is 319 g/mol. The fraction of sp³-hybridized carbons (Fsp3) is 0.500. The number of hydrogen-bond acceptors (Lipinski definition) is 3. The number of benzene rings is 1. The average molecular weight is 320 g/mol. The molecule has 6 heteroatoms. The van der Waals surface area contributed by atoms with Crippen LogP contribution >= 0.6 is 24.8 Å². The lowest BCUT2D eigenvalue weighted by Crippen LogP contribution is -2.37. The van der Waals surface area contributed by atoms with Crippen molar-refractivity contribution >= 4 is 36.4 Å². The quantitative estimate of drug-likeness (QED) is 0.837. The zero-order valence-corrected chi connectivity index (χ0v) is 13.1. The molecule has 1 fully saturated rings. The van der Waals surface area contributed by atoms with E-state index >= 15 is 0 Å². The second-order valence-corrected chi connectivity index (χ2v) is 4.78. The first-order valence-electron chi connectivity index (χ1n) is 6.62. The number of nitrogen functional groups attached to an aromatic ring is 1. The molecule has 1 heterocycles. The van der Waals surface area contributed by atoms with E-state index in [1.165, 1.54) is 19.3 Å². The van der Waals surface area contributed by atoms with Crippen LogP contribution in [0.15, 0.2) is 24.3 Å². The molecule has 1 saturated heterocycles. The van der Waals surface area contributed by atoms with Crippen molar-refractivity contribution in [1.29, 1.82) is 0 Å². The van der Waals surface area contributed by atoms with Crippen LogP contribution in [0, 0.1) is 0 Å². The molecule has 0 aromatic heterocycles. The Morgan fingerprint density at radius 2 is 1.90 bits per heavy atom. The highest BCUT2D eigenvalue weighted by atomic mass is 35.5. The number of amides is 1. The standard InChI is InChI=1S/C14H21N3O.2ClH/c15-13-6-4-5-12(11-13)14(18)16-7-10-17-8-2-1-3-9-17;;/h4-6,11H,1-3,7-10,15H2,(H,16,18);2*1H. The van der Waals surface area contributed by atoms with Gasteiger partial charge in [0, 0.05) is 24.3 Å². The first-order chi connectivity index (χ1) is 8.75. The van der Waals surface area contributed by atoms with Crippen molar-refractivity contribution in [3.05, 3.63) is 29.8 Å². The number of likely N-dealkylation sites (tertiary alicyclic amines) is 1. The third-order valence-corrected chi connectivity index (χ3v) is 3.31. The molecule has 1 aliphatic rings. The minimum atomic E-state index is -0.0423. The number of halogens is 2. The molecule has 0 bridgehead atoms. The van der Waals surface area contributed by atoms with Crippen molar-refractivity contribution in [3.63, 3.8) is 0 Å². The molecule has 1 aromatic carbocycles. The lowest BCUT2D eigenvalue weighted by molar-refractivity contribution is 0.0946. The van der Waals surface area contributed by atoms with Gasteiger partial charge in [-0.3, -0.25) is 4.79 Å². The van der Waals surface area contributed by atoms with Gasteiger partial charge in [0.2, 0.25) is 0 Å². The maximum Gasteiger partial charge on any atom is 0.251 e. The minimum Gasteiger partial charge on any atom is -0.399 e. The molecule has 0 atom stereocenters. The second kappa shape index (κ2) is 9.86. The zero-order valence-electron chi connectivity index (χ0n) is 11.5. The summed E-state index contributed by atoms with van der Waals surface area (Å²) in [6, 6.07) is 7.07. The van der Waals surface area contributed by atoms with Gasteiger partial charge in [0.05, 0.1) is 0 Å². The van der Waals surface area contributed by atoms with E-state index in [0.717, 1.165) is 19.6 Å². The Morgan fingerprint density at radius 1 is 1.20 bits per heavy atom. The van der Waals surface area contributed by atoms with E-state index in [2.05, 4.69) is 10.2 Å². The average Bonchev–Trinajstić information content (AvgIpc) is 2.40. The number of nitrogens with one attached hydrogen (secondary N) is 1. The second-order valence-electron chi connectivity index (χ2n) is 4.78. The van der Waals surface area contributed by atoms with Crippen LogP contribution in [0.25, 0.3) is 0 Å². The highest BCUT2D eigenvalue weighted by Crippen LogP contribution is 2.08. The van der Waals surface area contributed by atoms with Gasteiger partial charge >= 0.3 is 0 Å². The van der Waals surface area contributed by atoms with Crippen LogP contribution in [0.4, 0.5) is 5.69 Å². The summed E-state index contributed by atoms with van der Waals surface area (Å²) in [5.74, 6) is -0.0423. The predicted octanol–water partition coefficient (Wildman–Crippen LogP) is 2.33. The summed E-state index contributed by atoms with van der Waals surface area (Å²) in [7, 11) is 0. The minimum absolute atomic E-state index is 0. The molecular weight excluding hydrogens is 297 g/mol. The van der Waals surface area contributed by atoms with Gasteiger partial charge in [0.1, 0.15) is 0 Å². The number of carbonyl (C=O) groups excluding carboxylic acids is 1. The molecule has 20 heavy (non-hydrogen) atoms. The van der Waals surface area contributed by atoms with Crippen LogP contribution < -0.4 is 11.1 Å². The van der Waals surface area contributed by atoms with E-state index in [1.54, 1.807) is 24.3 Å². The van der Waals surface area contributed by atoms with Gasteiger partial charge in [-0.05, 0) is 44.1 Å². The van der Waals surface area contributed by atoms with Gasteiger partial charge in [-0.2, -0.15) is 0 Å². The van der Waals surface area contributed by atoms with E-state index < -0.39 is 0 Å². The van der Waals surface area contributed by atoms with E-state index in [9.17, 15) is 4.79 Å². The molecule has 1 aliphatic heterocycles. The Labute approximate surface area is 132 Å². The molecule has 1 amide bonds. The van der Waals surface area contributed by atoms with Gasteiger partial charge in [0.15, 0.2) is 0 Å². The lowest BCUT2D eigenvalue weighted by atomic mass is 10.1. The Bertz CT molecular complexity index is 409.